The van der Waals surface area contributed by atoms with Crippen molar-refractivity contribution in [2.75, 3.05) is 23.8 Å². The predicted molar refractivity (Wildman–Crippen MR) is 73.4 cm³/mol. The number of thioether (sulfide) groups is 1. The normalized spacial score (nSPS) is 23.1. The van der Waals surface area contributed by atoms with Gasteiger partial charge in [0.2, 0.25) is 0 Å². The maximum atomic E-state index is 11.8. The molecular formula is C12H14N4OS. The van der Waals surface area contributed by atoms with E-state index in [4.69, 9.17) is 5.73 Å². The van der Waals surface area contributed by atoms with Crippen molar-refractivity contribution < 1.29 is 4.79 Å². The van der Waals surface area contributed by atoms with Crippen LogP contribution in [0, 0.1) is 0 Å². The van der Waals surface area contributed by atoms with Gasteiger partial charge in [-0.15, -0.1) is 0 Å². The second-order valence-electron chi connectivity index (χ2n) is 4.28. The lowest BCUT2D eigenvalue weighted by atomic mass is 10.1. The van der Waals surface area contributed by atoms with Crippen LogP contribution in [0.3, 0.4) is 0 Å². The molecule has 1 atom stereocenters. The van der Waals surface area contributed by atoms with E-state index in [0.717, 1.165) is 29.4 Å². The number of para-hydroxylation sites is 1. The van der Waals surface area contributed by atoms with Crippen molar-refractivity contribution in [3.8, 4) is 0 Å². The van der Waals surface area contributed by atoms with Crippen LogP contribution in [0.25, 0.3) is 0 Å². The Morgan fingerprint density at radius 3 is 3.11 bits per heavy atom. The Hall–Kier alpha value is -1.69. The van der Waals surface area contributed by atoms with Gasteiger partial charge in [-0.05, 0) is 12.1 Å². The zero-order valence-electron chi connectivity index (χ0n) is 9.80. The number of amidine groups is 1. The number of fused-ring (bicyclic) bond motifs is 1. The number of anilines is 1. The molecule has 2 aliphatic rings. The number of nitrogens with zero attached hydrogens (tertiary/aromatic N) is 2. The Labute approximate surface area is 109 Å². The summed E-state index contributed by atoms with van der Waals surface area (Å²) in [5.41, 5.74) is 10.1. The van der Waals surface area contributed by atoms with Gasteiger partial charge in [-0.2, -0.15) is 16.9 Å². The Balaban J connectivity index is 2.01. The van der Waals surface area contributed by atoms with Gasteiger partial charge in [0.15, 0.2) is 5.84 Å². The molecule has 1 saturated heterocycles. The van der Waals surface area contributed by atoms with Crippen LogP contribution in [0.15, 0.2) is 29.4 Å². The first-order valence-corrected chi connectivity index (χ1v) is 6.99. The molecule has 2 heterocycles. The van der Waals surface area contributed by atoms with Crippen molar-refractivity contribution >= 4 is 29.2 Å². The van der Waals surface area contributed by atoms with Gasteiger partial charge in [-0.3, -0.25) is 4.79 Å². The number of hydrogen-bond donors (Lipinski definition) is 2. The number of rotatable bonds is 1. The Morgan fingerprint density at radius 2 is 2.28 bits per heavy atom. The first-order chi connectivity index (χ1) is 8.77. The van der Waals surface area contributed by atoms with Crippen LogP contribution in [0.4, 0.5) is 5.69 Å². The molecule has 0 bridgehead atoms. The number of hydrogen-bond acceptors (Lipinski definition) is 5. The SMILES string of the molecule is Nc1ccccc1C1=NNC(=O)C2CSCCN12. The number of carbonyl (C=O) groups excluding carboxylic acids is 1. The van der Waals surface area contributed by atoms with Gasteiger partial charge >= 0.3 is 0 Å². The molecule has 1 unspecified atom stereocenters. The van der Waals surface area contributed by atoms with E-state index < -0.39 is 0 Å². The average Bonchev–Trinajstić information content (AvgIpc) is 2.41. The van der Waals surface area contributed by atoms with Gasteiger partial charge < -0.3 is 10.6 Å². The van der Waals surface area contributed by atoms with Crippen molar-refractivity contribution in [3.63, 3.8) is 0 Å². The standard InChI is InChI=1S/C12H14N4OS/c13-9-4-2-1-3-8(9)11-14-15-12(17)10-7-18-6-5-16(10)11/h1-4,10H,5-7,13H2,(H,15,17). The zero-order valence-corrected chi connectivity index (χ0v) is 10.6. The van der Waals surface area contributed by atoms with Crippen LogP contribution in [-0.2, 0) is 4.79 Å². The maximum Gasteiger partial charge on any atom is 0.263 e. The van der Waals surface area contributed by atoms with Crippen LogP contribution in [-0.4, -0.2) is 40.7 Å². The maximum absolute atomic E-state index is 11.8. The second-order valence-corrected chi connectivity index (χ2v) is 5.43. The third-order valence-corrected chi connectivity index (χ3v) is 4.20. The molecule has 94 valence electrons. The molecule has 5 nitrogen and oxygen atoms in total. The fourth-order valence-corrected chi connectivity index (χ4v) is 3.28. The lowest BCUT2D eigenvalue weighted by molar-refractivity contribution is -0.125. The monoisotopic (exact) mass is 262 g/mol. The minimum absolute atomic E-state index is 0.0274. The Bertz CT molecular complexity index is 517. The predicted octanol–water partition coefficient (Wildman–Crippen LogP) is 0.478. The summed E-state index contributed by atoms with van der Waals surface area (Å²) in [7, 11) is 0. The van der Waals surface area contributed by atoms with Gasteiger partial charge in [0.25, 0.3) is 5.91 Å². The van der Waals surface area contributed by atoms with Gasteiger partial charge in [0.1, 0.15) is 6.04 Å². The van der Waals surface area contributed by atoms with Gasteiger partial charge in [0, 0.05) is 29.3 Å². The van der Waals surface area contributed by atoms with Crippen LogP contribution >= 0.6 is 11.8 Å². The summed E-state index contributed by atoms with van der Waals surface area (Å²) in [6, 6.07) is 7.48. The Morgan fingerprint density at radius 1 is 1.44 bits per heavy atom. The van der Waals surface area contributed by atoms with E-state index in [1.807, 2.05) is 24.3 Å². The molecule has 2 aliphatic heterocycles. The molecule has 0 radical (unpaired) electrons. The fraction of sp³-hybridized carbons (Fsp3) is 0.333. The third kappa shape index (κ3) is 1.82. The average molecular weight is 262 g/mol. The highest BCUT2D eigenvalue weighted by atomic mass is 32.2. The Kier molecular flexibility index (Phi) is 2.87. The smallest absolute Gasteiger partial charge is 0.263 e. The van der Waals surface area contributed by atoms with Crippen molar-refractivity contribution in [2.45, 2.75) is 6.04 Å². The van der Waals surface area contributed by atoms with E-state index in [-0.39, 0.29) is 11.9 Å². The molecule has 1 amide bonds. The van der Waals surface area contributed by atoms with Crippen molar-refractivity contribution in [3.05, 3.63) is 29.8 Å². The summed E-state index contributed by atoms with van der Waals surface area (Å²) >= 11 is 1.80. The van der Waals surface area contributed by atoms with Crippen molar-refractivity contribution in [1.29, 1.82) is 0 Å². The first-order valence-electron chi connectivity index (χ1n) is 5.84. The number of hydrazone groups is 1. The highest BCUT2D eigenvalue weighted by molar-refractivity contribution is 7.99. The molecule has 1 fully saturated rings. The quantitative estimate of drug-likeness (QED) is 0.722. The highest BCUT2D eigenvalue weighted by Gasteiger charge is 2.35. The van der Waals surface area contributed by atoms with E-state index in [9.17, 15) is 4.79 Å². The molecule has 3 N–H and O–H groups in total. The van der Waals surface area contributed by atoms with Crippen LogP contribution in [0.2, 0.25) is 0 Å². The van der Waals surface area contributed by atoms with Crippen LogP contribution < -0.4 is 11.2 Å². The van der Waals surface area contributed by atoms with Gasteiger partial charge in [-0.25, -0.2) is 5.43 Å². The molecular weight excluding hydrogens is 248 g/mol. The van der Waals surface area contributed by atoms with E-state index in [1.165, 1.54) is 0 Å². The number of amides is 1. The van der Waals surface area contributed by atoms with Crippen molar-refractivity contribution in [2.24, 2.45) is 5.10 Å². The number of benzene rings is 1. The van der Waals surface area contributed by atoms with Crippen LogP contribution in [0.5, 0.6) is 0 Å². The number of nitrogen functional groups attached to an aromatic ring is 1. The molecule has 0 saturated carbocycles. The zero-order chi connectivity index (χ0) is 12.5. The molecule has 0 spiro atoms. The van der Waals surface area contributed by atoms with E-state index in [0.29, 0.717) is 5.69 Å². The van der Waals surface area contributed by atoms with Crippen LogP contribution in [0.1, 0.15) is 5.56 Å². The minimum atomic E-state index is -0.129. The highest BCUT2D eigenvalue weighted by Crippen LogP contribution is 2.24. The van der Waals surface area contributed by atoms with E-state index >= 15 is 0 Å². The lowest BCUT2D eigenvalue weighted by Gasteiger charge is -2.39. The molecule has 1 aromatic carbocycles. The number of nitrogens with one attached hydrogen (secondary N) is 1. The molecule has 0 aliphatic carbocycles. The first kappa shape index (κ1) is 11.4. The van der Waals surface area contributed by atoms with E-state index in [2.05, 4.69) is 15.4 Å². The molecule has 6 heteroatoms. The summed E-state index contributed by atoms with van der Waals surface area (Å²) in [6.07, 6.45) is 0. The molecule has 3 rings (SSSR count). The molecule has 18 heavy (non-hydrogen) atoms. The van der Waals surface area contributed by atoms with E-state index in [1.54, 1.807) is 11.8 Å². The summed E-state index contributed by atoms with van der Waals surface area (Å²) in [6.45, 7) is 0.829. The molecule has 0 aromatic heterocycles. The summed E-state index contributed by atoms with van der Waals surface area (Å²) in [5, 5.41) is 4.18. The largest absolute Gasteiger partial charge is 0.398 e. The number of carbonyl (C=O) groups is 1. The summed E-state index contributed by atoms with van der Waals surface area (Å²) in [5.74, 6) is 2.56. The topological polar surface area (TPSA) is 70.7 Å². The third-order valence-electron chi connectivity index (χ3n) is 3.18. The minimum Gasteiger partial charge on any atom is -0.398 e. The molecule has 1 aromatic rings. The second kappa shape index (κ2) is 4.53. The number of nitrogens with two attached hydrogens (primary N) is 1. The van der Waals surface area contributed by atoms with Gasteiger partial charge in [0.05, 0.1) is 0 Å². The fourth-order valence-electron chi connectivity index (χ4n) is 2.24. The lowest BCUT2D eigenvalue weighted by Crippen LogP contribution is -2.57. The van der Waals surface area contributed by atoms with Crippen molar-refractivity contribution in [1.82, 2.24) is 10.3 Å². The summed E-state index contributed by atoms with van der Waals surface area (Å²) in [4.78, 5) is 13.8. The van der Waals surface area contributed by atoms with Gasteiger partial charge in [-0.1, -0.05) is 12.1 Å². The summed E-state index contributed by atoms with van der Waals surface area (Å²) < 4.78 is 0.